The molecule has 0 atom stereocenters. The maximum Gasteiger partial charge on any atom is 0.260 e. The number of halogens is 1. The van der Waals surface area contributed by atoms with Crippen molar-refractivity contribution in [1.82, 2.24) is 9.88 Å². The number of carbonyl (C=O) groups excluding carboxylic acids is 1. The molecular weight excluding hydrogens is 284 g/mol. The molecule has 1 aromatic rings. The molecule has 0 bridgehead atoms. The minimum absolute atomic E-state index is 0.0560. The van der Waals surface area contributed by atoms with Gasteiger partial charge in [0.1, 0.15) is 4.60 Å². The van der Waals surface area contributed by atoms with E-state index < -0.39 is 0 Å². The van der Waals surface area contributed by atoms with Gasteiger partial charge < -0.3 is 9.64 Å². The molecule has 1 aliphatic heterocycles. The molecule has 0 saturated carbocycles. The van der Waals surface area contributed by atoms with Crippen molar-refractivity contribution < 1.29 is 9.53 Å². The Morgan fingerprint density at radius 1 is 1.41 bits per heavy atom. The first-order valence-electron chi connectivity index (χ1n) is 5.78. The summed E-state index contributed by atoms with van der Waals surface area (Å²) in [6.07, 6.45) is 5.09. The third-order valence-corrected chi connectivity index (χ3v) is 3.38. The molecule has 1 aliphatic rings. The highest BCUT2D eigenvalue weighted by atomic mass is 79.9. The predicted octanol–water partition coefficient (Wildman–Crippen LogP) is 2.24. The molecule has 1 aromatic heterocycles. The van der Waals surface area contributed by atoms with Gasteiger partial charge in [-0.25, -0.2) is 4.98 Å². The Bertz CT molecular complexity index is 392. The summed E-state index contributed by atoms with van der Waals surface area (Å²) in [5.41, 5.74) is 0. The molecule has 1 saturated heterocycles. The van der Waals surface area contributed by atoms with Crippen LogP contribution in [0.1, 0.15) is 19.3 Å². The van der Waals surface area contributed by atoms with Gasteiger partial charge in [0.25, 0.3) is 5.91 Å². The van der Waals surface area contributed by atoms with Crippen molar-refractivity contribution in [2.45, 2.75) is 19.3 Å². The van der Waals surface area contributed by atoms with Gasteiger partial charge in [0.05, 0.1) is 0 Å². The lowest BCUT2D eigenvalue weighted by Gasteiger charge is -2.26. The van der Waals surface area contributed by atoms with Crippen LogP contribution >= 0.6 is 15.9 Å². The summed E-state index contributed by atoms with van der Waals surface area (Å²) in [7, 11) is 0. The van der Waals surface area contributed by atoms with E-state index in [-0.39, 0.29) is 12.5 Å². The van der Waals surface area contributed by atoms with Crippen molar-refractivity contribution in [3.05, 3.63) is 22.9 Å². The van der Waals surface area contributed by atoms with Crippen molar-refractivity contribution in [2.75, 3.05) is 19.7 Å². The Hall–Kier alpha value is -1.10. The van der Waals surface area contributed by atoms with Gasteiger partial charge in [0, 0.05) is 19.3 Å². The van der Waals surface area contributed by atoms with E-state index in [1.54, 1.807) is 18.3 Å². The van der Waals surface area contributed by atoms with Gasteiger partial charge in [-0.05, 0) is 47.3 Å². The molecule has 2 heterocycles. The van der Waals surface area contributed by atoms with Crippen LogP contribution < -0.4 is 4.74 Å². The number of nitrogens with zero attached hydrogens (tertiary/aromatic N) is 2. The second-order valence-corrected chi connectivity index (χ2v) is 4.77. The van der Waals surface area contributed by atoms with Crippen molar-refractivity contribution in [3.8, 4) is 5.75 Å². The molecule has 0 radical (unpaired) electrons. The van der Waals surface area contributed by atoms with Crippen LogP contribution in [0, 0.1) is 0 Å². The van der Waals surface area contributed by atoms with Crippen molar-refractivity contribution in [3.63, 3.8) is 0 Å². The molecule has 0 aromatic carbocycles. The standard InChI is InChI=1S/C12H15BrN2O2/c13-12-10(5-4-6-14-12)17-9-11(16)15-7-2-1-3-8-15/h4-6H,1-3,7-9H2. The largest absolute Gasteiger partial charge is 0.481 e. The summed E-state index contributed by atoms with van der Waals surface area (Å²) in [4.78, 5) is 17.8. The van der Waals surface area contributed by atoms with E-state index in [1.165, 1.54) is 6.42 Å². The molecule has 5 heteroatoms. The molecular formula is C12H15BrN2O2. The Labute approximate surface area is 109 Å². The van der Waals surface area contributed by atoms with Crippen LogP contribution in [-0.2, 0) is 4.79 Å². The van der Waals surface area contributed by atoms with Gasteiger partial charge in [0.2, 0.25) is 0 Å². The number of piperidine rings is 1. The van der Waals surface area contributed by atoms with Crippen molar-refractivity contribution in [2.24, 2.45) is 0 Å². The summed E-state index contributed by atoms with van der Waals surface area (Å²) in [6, 6.07) is 3.58. The summed E-state index contributed by atoms with van der Waals surface area (Å²) in [6.45, 7) is 1.80. The van der Waals surface area contributed by atoms with Crippen LogP contribution in [-0.4, -0.2) is 35.5 Å². The summed E-state index contributed by atoms with van der Waals surface area (Å²) >= 11 is 3.28. The lowest BCUT2D eigenvalue weighted by Crippen LogP contribution is -2.38. The Morgan fingerprint density at radius 2 is 2.18 bits per heavy atom. The highest BCUT2D eigenvalue weighted by Crippen LogP contribution is 2.21. The van der Waals surface area contributed by atoms with Crippen LogP contribution in [0.5, 0.6) is 5.75 Å². The van der Waals surface area contributed by atoms with Gasteiger partial charge >= 0.3 is 0 Å². The maximum atomic E-state index is 11.8. The number of carbonyl (C=O) groups is 1. The quantitative estimate of drug-likeness (QED) is 0.804. The van der Waals surface area contributed by atoms with E-state index in [1.807, 2.05) is 4.90 Å². The third-order valence-electron chi connectivity index (χ3n) is 2.78. The molecule has 1 amide bonds. The van der Waals surface area contributed by atoms with Crippen LogP contribution in [0.25, 0.3) is 0 Å². The van der Waals surface area contributed by atoms with E-state index in [9.17, 15) is 4.79 Å². The lowest BCUT2D eigenvalue weighted by molar-refractivity contribution is -0.134. The molecule has 2 rings (SSSR count). The summed E-state index contributed by atoms with van der Waals surface area (Å²) in [5.74, 6) is 0.665. The number of ether oxygens (including phenoxy) is 1. The Balaban J connectivity index is 1.85. The van der Waals surface area contributed by atoms with E-state index in [0.29, 0.717) is 10.4 Å². The third kappa shape index (κ3) is 3.43. The number of likely N-dealkylation sites (tertiary alicyclic amines) is 1. The van der Waals surface area contributed by atoms with E-state index in [0.717, 1.165) is 25.9 Å². The molecule has 0 unspecified atom stereocenters. The minimum Gasteiger partial charge on any atom is -0.481 e. The maximum absolute atomic E-state index is 11.8. The van der Waals surface area contributed by atoms with Crippen LogP contribution in [0.15, 0.2) is 22.9 Å². The molecule has 0 spiro atoms. The van der Waals surface area contributed by atoms with Gasteiger partial charge in [-0.3, -0.25) is 4.79 Å². The Morgan fingerprint density at radius 3 is 2.88 bits per heavy atom. The molecule has 1 fully saturated rings. The monoisotopic (exact) mass is 298 g/mol. The van der Waals surface area contributed by atoms with Gasteiger partial charge in [-0.15, -0.1) is 0 Å². The van der Waals surface area contributed by atoms with Gasteiger partial charge in [-0.1, -0.05) is 0 Å². The summed E-state index contributed by atoms with van der Waals surface area (Å²) < 4.78 is 6.08. The number of aromatic nitrogens is 1. The zero-order chi connectivity index (χ0) is 12.1. The van der Waals surface area contributed by atoms with E-state index >= 15 is 0 Å². The number of rotatable bonds is 3. The fourth-order valence-electron chi connectivity index (χ4n) is 1.85. The predicted molar refractivity (Wildman–Crippen MR) is 67.9 cm³/mol. The Kier molecular flexibility index (Phi) is 4.36. The zero-order valence-electron chi connectivity index (χ0n) is 9.56. The van der Waals surface area contributed by atoms with Crippen LogP contribution in [0.4, 0.5) is 0 Å². The highest BCUT2D eigenvalue weighted by Gasteiger charge is 2.17. The summed E-state index contributed by atoms with van der Waals surface area (Å²) in [5, 5.41) is 0. The zero-order valence-corrected chi connectivity index (χ0v) is 11.1. The van der Waals surface area contributed by atoms with Gasteiger partial charge in [-0.2, -0.15) is 0 Å². The first kappa shape index (κ1) is 12.4. The fraction of sp³-hybridized carbons (Fsp3) is 0.500. The molecule has 4 nitrogen and oxygen atoms in total. The highest BCUT2D eigenvalue weighted by molar-refractivity contribution is 9.10. The SMILES string of the molecule is O=C(COc1cccnc1Br)N1CCCCC1. The van der Waals surface area contributed by atoms with Crippen LogP contribution in [0.2, 0.25) is 0 Å². The number of pyridine rings is 1. The smallest absolute Gasteiger partial charge is 0.260 e. The molecule has 92 valence electrons. The first-order chi connectivity index (χ1) is 8.27. The normalized spacial score (nSPS) is 15.7. The molecule has 17 heavy (non-hydrogen) atoms. The average molecular weight is 299 g/mol. The van der Waals surface area contributed by atoms with Crippen molar-refractivity contribution in [1.29, 1.82) is 0 Å². The first-order valence-corrected chi connectivity index (χ1v) is 6.58. The second-order valence-electron chi connectivity index (χ2n) is 4.02. The van der Waals surface area contributed by atoms with E-state index in [2.05, 4.69) is 20.9 Å². The number of amides is 1. The average Bonchev–Trinajstić information content (AvgIpc) is 2.38. The van der Waals surface area contributed by atoms with E-state index in [4.69, 9.17) is 4.74 Å². The fourth-order valence-corrected chi connectivity index (χ4v) is 2.22. The number of hydrogen-bond donors (Lipinski definition) is 0. The van der Waals surface area contributed by atoms with Crippen LogP contribution in [0.3, 0.4) is 0 Å². The molecule has 0 aliphatic carbocycles. The lowest BCUT2D eigenvalue weighted by atomic mass is 10.1. The minimum atomic E-state index is 0.0560. The number of hydrogen-bond acceptors (Lipinski definition) is 3. The second kappa shape index (κ2) is 6.00. The van der Waals surface area contributed by atoms with Crippen molar-refractivity contribution >= 4 is 21.8 Å². The molecule has 0 N–H and O–H groups in total. The van der Waals surface area contributed by atoms with Gasteiger partial charge in [0.15, 0.2) is 12.4 Å². The topological polar surface area (TPSA) is 42.4 Å².